The van der Waals surface area contributed by atoms with E-state index < -0.39 is 0 Å². The van der Waals surface area contributed by atoms with Crippen molar-refractivity contribution in [2.24, 2.45) is 40.7 Å². The average molecular weight is 376 g/mol. The molecule has 0 unspecified atom stereocenters. The van der Waals surface area contributed by atoms with Crippen molar-refractivity contribution in [2.75, 3.05) is 13.2 Å². The molecule has 1 aromatic rings. The fourth-order valence-electron chi connectivity index (χ4n) is 6.58. The lowest BCUT2D eigenvalue weighted by Crippen LogP contribution is -2.51. The number of aliphatic hydroxyl groups excluding tert-OH is 2. The summed E-state index contributed by atoms with van der Waals surface area (Å²) in [6.07, 6.45) is 8.46. The SMILES string of the molecule is C[C@]1([C@H]2CC[C@@H]3C(c4cccs4)=CC[C@H]3[C@@H]2CN)CC[C@H](O)C[C@@H]1CO. The highest BCUT2D eigenvalue weighted by Gasteiger charge is 2.52. The molecule has 4 rings (SSSR count). The molecule has 0 amide bonds. The molecule has 2 fully saturated rings. The van der Waals surface area contributed by atoms with E-state index in [1.807, 2.05) is 11.3 Å². The molecule has 0 radical (unpaired) electrons. The van der Waals surface area contributed by atoms with Crippen molar-refractivity contribution >= 4 is 16.9 Å². The van der Waals surface area contributed by atoms with Crippen LogP contribution in [0, 0.1) is 35.0 Å². The van der Waals surface area contributed by atoms with Gasteiger partial charge in [-0.05, 0) is 97.1 Å². The van der Waals surface area contributed by atoms with Gasteiger partial charge >= 0.3 is 0 Å². The van der Waals surface area contributed by atoms with Crippen LogP contribution in [0.15, 0.2) is 23.6 Å². The Bertz CT molecular complexity index is 643. The number of hydrogen-bond acceptors (Lipinski definition) is 4. The maximum absolute atomic E-state index is 10.1. The molecule has 1 aromatic heterocycles. The maximum atomic E-state index is 10.1. The van der Waals surface area contributed by atoms with Crippen molar-refractivity contribution < 1.29 is 10.2 Å². The number of aliphatic hydroxyl groups is 2. The molecule has 3 nitrogen and oxygen atoms in total. The molecule has 0 bridgehead atoms. The van der Waals surface area contributed by atoms with Gasteiger partial charge in [0.25, 0.3) is 0 Å². The summed E-state index contributed by atoms with van der Waals surface area (Å²) in [4.78, 5) is 1.44. The van der Waals surface area contributed by atoms with Crippen molar-refractivity contribution in [1.29, 1.82) is 0 Å². The molecule has 0 saturated heterocycles. The Balaban J connectivity index is 1.57. The highest BCUT2D eigenvalue weighted by molar-refractivity contribution is 7.11. The van der Waals surface area contributed by atoms with Crippen molar-refractivity contribution in [3.05, 3.63) is 28.5 Å². The molecule has 4 N–H and O–H groups in total. The van der Waals surface area contributed by atoms with E-state index in [1.165, 1.54) is 17.7 Å². The van der Waals surface area contributed by atoms with Crippen LogP contribution in [0.5, 0.6) is 0 Å². The summed E-state index contributed by atoms with van der Waals surface area (Å²) in [5, 5.41) is 22.3. The Morgan fingerprint density at radius 2 is 2.15 bits per heavy atom. The van der Waals surface area contributed by atoms with Crippen LogP contribution in [-0.2, 0) is 0 Å². The van der Waals surface area contributed by atoms with Crippen molar-refractivity contribution in [3.63, 3.8) is 0 Å². The molecule has 144 valence electrons. The summed E-state index contributed by atoms with van der Waals surface area (Å²) in [7, 11) is 0. The molecule has 26 heavy (non-hydrogen) atoms. The van der Waals surface area contributed by atoms with Crippen LogP contribution in [0.25, 0.3) is 5.57 Å². The van der Waals surface area contributed by atoms with Gasteiger partial charge in [-0.1, -0.05) is 19.1 Å². The Labute approximate surface area is 161 Å². The van der Waals surface area contributed by atoms with Crippen LogP contribution in [0.2, 0.25) is 0 Å². The standard InChI is InChI=1S/C22H33NO2S/c1-22(9-8-15(25)11-14(22)13-24)20-7-6-16-17(19(20)12-23)4-5-18(16)21-3-2-10-26-21/h2-3,5,10,14-17,19-20,24-25H,4,6-9,11-13,23H2,1H3/t14-,15+,16+,17-,19+,20+,22+/m1/s1. The summed E-state index contributed by atoms with van der Waals surface area (Å²) in [5.41, 5.74) is 8.03. The second kappa shape index (κ2) is 7.38. The van der Waals surface area contributed by atoms with E-state index in [-0.39, 0.29) is 24.0 Å². The van der Waals surface area contributed by atoms with Crippen LogP contribution >= 0.6 is 11.3 Å². The lowest BCUT2D eigenvalue weighted by Gasteiger charge is -2.54. The zero-order valence-electron chi connectivity index (χ0n) is 15.8. The van der Waals surface area contributed by atoms with Gasteiger partial charge in [-0.25, -0.2) is 0 Å². The molecule has 0 spiro atoms. The average Bonchev–Trinajstić information content (AvgIpc) is 3.31. The summed E-state index contributed by atoms with van der Waals surface area (Å²) in [6.45, 7) is 3.30. The van der Waals surface area contributed by atoms with Crippen LogP contribution in [0.3, 0.4) is 0 Å². The van der Waals surface area contributed by atoms with Gasteiger partial charge in [-0.15, -0.1) is 11.3 Å². The molecule has 3 aliphatic carbocycles. The topological polar surface area (TPSA) is 66.5 Å². The predicted octanol–water partition coefficient (Wildman–Crippen LogP) is 3.91. The molecular formula is C22H33NO2S. The normalized spacial score (nSPS) is 43.2. The second-order valence-corrected chi connectivity index (χ2v) is 9.99. The number of fused-ring (bicyclic) bond motifs is 1. The Kier molecular flexibility index (Phi) is 5.30. The van der Waals surface area contributed by atoms with Crippen LogP contribution in [-0.4, -0.2) is 29.5 Å². The second-order valence-electron chi connectivity index (χ2n) is 9.04. The summed E-state index contributed by atoms with van der Waals surface area (Å²) in [5.74, 6) is 2.60. The Morgan fingerprint density at radius 1 is 1.31 bits per heavy atom. The molecule has 2 saturated carbocycles. The van der Waals surface area contributed by atoms with Crippen LogP contribution in [0.4, 0.5) is 0 Å². The zero-order chi connectivity index (χ0) is 18.3. The number of hydrogen-bond donors (Lipinski definition) is 3. The monoisotopic (exact) mass is 375 g/mol. The molecule has 4 heteroatoms. The third-order valence-electron chi connectivity index (χ3n) is 8.03. The minimum Gasteiger partial charge on any atom is -0.396 e. The quantitative estimate of drug-likeness (QED) is 0.747. The first-order valence-corrected chi connectivity index (χ1v) is 11.2. The minimum absolute atomic E-state index is 0.106. The largest absolute Gasteiger partial charge is 0.396 e. The van der Waals surface area contributed by atoms with E-state index in [9.17, 15) is 10.2 Å². The van der Waals surface area contributed by atoms with Gasteiger partial charge < -0.3 is 15.9 Å². The molecule has 0 aliphatic heterocycles. The van der Waals surface area contributed by atoms with Gasteiger partial charge in [-0.3, -0.25) is 0 Å². The third-order valence-corrected chi connectivity index (χ3v) is 8.95. The van der Waals surface area contributed by atoms with Crippen LogP contribution < -0.4 is 5.73 Å². The Morgan fingerprint density at radius 3 is 2.85 bits per heavy atom. The van der Waals surface area contributed by atoms with Crippen molar-refractivity contribution in [3.8, 4) is 0 Å². The summed E-state index contributed by atoms with van der Waals surface area (Å²) >= 11 is 1.86. The highest BCUT2D eigenvalue weighted by atomic mass is 32.1. The Hall–Kier alpha value is -0.680. The molecule has 0 aromatic carbocycles. The van der Waals surface area contributed by atoms with E-state index in [2.05, 4.69) is 30.5 Å². The summed E-state index contributed by atoms with van der Waals surface area (Å²) < 4.78 is 0. The van der Waals surface area contributed by atoms with Gasteiger partial charge in [-0.2, -0.15) is 0 Å². The fourth-order valence-corrected chi connectivity index (χ4v) is 7.41. The van der Waals surface area contributed by atoms with Crippen molar-refractivity contribution in [1.82, 2.24) is 0 Å². The molecular weight excluding hydrogens is 342 g/mol. The van der Waals surface area contributed by atoms with E-state index in [0.29, 0.717) is 23.7 Å². The lowest BCUT2D eigenvalue weighted by molar-refractivity contribution is -0.0804. The van der Waals surface area contributed by atoms with Gasteiger partial charge in [0.15, 0.2) is 0 Å². The van der Waals surface area contributed by atoms with Crippen molar-refractivity contribution in [2.45, 2.75) is 51.6 Å². The molecule has 7 atom stereocenters. The van der Waals surface area contributed by atoms with Gasteiger partial charge in [0.1, 0.15) is 0 Å². The van der Waals surface area contributed by atoms with Gasteiger partial charge in [0.2, 0.25) is 0 Å². The van der Waals surface area contributed by atoms with E-state index in [1.54, 1.807) is 5.57 Å². The molecule has 1 heterocycles. The van der Waals surface area contributed by atoms with Crippen LogP contribution in [0.1, 0.15) is 50.3 Å². The number of rotatable bonds is 4. The fraction of sp³-hybridized carbons (Fsp3) is 0.727. The number of nitrogens with two attached hydrogens (primary N) is 1. The number of thiophene rings is 1. The highest BCUT2D eigenvalue weighted by Crippen LogP contribution is 2.59. The first kappa shape index (κ1) is 18.7. The van der Waals surface area contributed by atoms with E-state index in [0.717, 1.165) is 32.2 Å². The predicted molar refractivity (Wildman–Crippen MR) is 108 cm³/mol. The summed E-state index contributed by atoms with van der Waals surface area (Å²) in [6, 6.07) is 4.41. The third kappa shape index (κ3) is 2.99. The first-order valence-electron chi connectivity index (χ1n) is 10.3. The lowest BCUT2D eigenvalue weighted by atomic mass is 9.51. The first-order chi connectivity index (χ1) is 12.6. The zero-order valence-corrected chi connectivity index (χ0v) is 16.6. The minimum atomic E-state index is -0.244. The van der Waals surface area contributed by atoms with Gasteiger partial charge in [0, 0.05) is 11.5 Å². The van der Waals surface area contributed by atoms with E-state index >= 15 is 0 Å². The smallest absolute Gasteiger partial charge is 0.0544 e. The van der Waals surface area contributed by atoms with E-state index in [4.69, 9.17) is 5.73 Å². The molecule has 3 aliphatic rings. The van der Waals surface area contributed by atoms with Gasteiger partial charge in [0.05, 0.1) is 6.10 Å². The number of allylic oxidation sites excluding steroid dienone is 2. The maximum Gasteiger partial charge on any atom is 0.0544 e.